The third-order valence-electron chi connectivity index (χ3n) is 5.26. The van der Waals surface area contributed by atoms with E-state index in [1.54, 1.807) is 0 Å². The predicted octanol–water partition coefficient (Wildman–Crippen LogP) is 1.30. The van der Waals surface area contributed by atoms with Crippen LogP contribution in [0.15, 0.2) is 18.2 Å². The Balaban J connectivity index is 1.44. The fourth-order valence-electron chi connectivity index (χ4n) is 3.68. The highest BCUT2D eigenvalue weighted by atomic mass is 16.7. The minimum atomic E-state index is -0.226. The zero-order chi connectivity index (χ0) is 21.7. The molecule has 1 saturated heterocycles. The van der Waals surface area contributed by atoms with Crippen LogP contribution in [-0.2, 0) is 16.1 Å². The number of carbonyl (C=O) groups is 2. The van der Waals surface area contributed by atoms with Crippen molar-refractivity contribution in [2.24, 2.45) is 0 Å². The third kappa shape index (κ3) is 6.34. The van der Waals surface area contributed by atoms with Gasteiger partial charge in [-0.1, -0.05) is 13.0 Å². The standard InChI is InChI=1S/C22H34N4O4/c1-5-24(13-17-6-7-18-19(12-17)30-16-29-18)15-21(28)26-10-8-25(9-11-26)14-20(27)23-22(2,3)4/h6-7,12H,5,8-11,13-16H2,1-4H3,(H,23,27). The molecule has 0 saturated carbocycles. The molecular formula is C22H34N4O4. The normalized spacial score (nSPS) is 16.8. The van der Waals surface area contributed by atoms with Gasteiger partial charge in [-0.25, -0.2) is 0 Å². The lowest BCUT2D eigenvalue weighted by Crippen LogP contribution is -2.54. The molecule has 0 radical (unpaired) electrons. The first-order chi connectivity index (χ1) is 14.2. The van der Waals surface area contributed by atoms with E-state index in [4.69, 9.17) is 9.47 Å². The number of benzene rings is 1. The van der Waals surface area contributed by atoms with Gasteiger partial charge in [0.15, 0.2) is 11.5 Å². The summed E-state index contributed by atoms with van der Waals surface area (Å²) < 4.78 is 10.8. The topological polar surface area (TPSA) is 74.4 Å². The monoisotopic (exact) mass is 418 g/mol. The van der Waals surface area contributed by atoms with Gasteiger partial charge in [-0.15, -0.1) is 0 Å². The Bertz CT molecular complexity index is 754. The fourth-order valence-corrected chi connectivity index (χ4v) is 3.68. The fraction of sp³-hybridized carbons (Fsp3) is 0.636. The van der Waals surface area contributed by atoms with Crippen molar-refractivity contribution in [3.63, 3.8) is 0 Å². The van der Waals surface area contributed by atoms with Gasteiger partial charge in [-0.2, -0.15) is 0 Å². The van der Waals surface area contributed by atoms with Crippen molar-refractivity contribution in [3.05, 3.63) is 23.8 Å². The molecule has 0 aliphatic carbocycles. The van der Waals surface area contributed by atoms with Crippen molar-refractivity contribution in [1.29, 1.82) is 0 Å². The molecule has 2 amide bonds. The van der Waals surface area contributed by atoms with E-state index in [-0.39, 0.29) is 24.1 Å². The molecule has 0 spiro atoms. The Labute approximate surface area is 179 Å². The second kappa shape index (κ2) is 9.66. The molecule has 2 aliphatic heterocycles. The first-order valence-corrected chi connectivity index (χ1v) is 10.7. The van der Waals surface area contributed by atoms with Gasteiger partial charge in [-0.3, -0.25) is 19.4 Å². The van der Waals surface area contributed by atoms with Gasteiger partial charge in [-0.05, 0) is 45.0 Å². The third-order valence-corrected chi connectivity index (χ3v) is 5.26. The molecule has 0 unspecified atom stereocenters. The molecule has 2 heterocycles. The minimum absolute atomic E-state index is 0.0307. The zero-order valence-electron chi connectivity index (χ0n) is 18.6. The maximum Gasteiger partial charge on any atom is 0.236 e. The van der Waals surface area contributed by atoms with Crippen LogP contribution in [0.3, 0.4) is 0 Å². The van der Waals surface area contributed by atoms with Crippen molar-refractivity contribution in [2.45, 2.75) is 39.8 Å². The van der Waals surface area contributed by atoms with Crippen molar-refractivity contribution in [3.8, 4) is 11.5 Å². The summed E-state index contributed by atoms with van der Waals surface area (Å²) in [7, 11) is 0. The molecular weight excluding hydrogens is 384 g/mol. The number of ether oxygens (including phenoxy) is 2. The molecule has 0 bridgehead atoms. The summed E-state index contributed by atoms with van der Waals surface area (Å²) in [6.45, 7) is 13.2. The van der Waals surface area contributed by atoms with Crippen LogP contribution >= 0.6 is 0 Å². The van der Waals surface area contributed by atoms with Crippen molar-refractivity contribution < 1.29 is 19.1 Å². The molecule has 166 valence electrons. The molecule has 0 atom stereocenters. The highest BCUT2D eigenvalue weighted by Crippen LogP contribution is 2.32. The second-order valence-corrected chi connectivity index (χ2v) is 8.95. The SMILES string of the molecule is CCN(CC(=O)N1CCN(CC(=O)NC(C)(C)C)CC1)Cc1ccc2c(c1)OCO2. The number of nitrogens with zero attached hydrogens (tertiary/aromatic N) is 3. The van der Waals surface area contributed by atoms with Gasteiger partial charge >= 0.3 is 0 Å². The van der Waals surface area contributed by atoms with E-state index in [1.165, 1.54) is 0 Å². The molecule has 30 heavy (non-hydrogen) atoms. The first-order valence-electron chi connectivity index (χ1n) is 10.7. The Morgan fingerprint density at radius 1 is 1.10 bits per heavy atom. The average Bonchev–Trinajstić information content (AvgIpc) is 3.14. The Kier molecular flexibility index (Phi) is 7.20. The van der Waals surface area contributed by atoms with Crippen LogP contribution in [0.25, 0.3) is 0 Å². The van der Waals surface area contributed by atoms with Gasteiger partial charge in [0, 0.05) is 38.3 Å². The van der Waals surface area contributed by atoms with E-state index in [2.05, 4.69) is 22.0 Å². The largest absolute Gasteiger partial charge is 0.454 e. The quantitative estimate of drug-likeness (QED) is 0.720. The Morgan fingerprint density at radius 3 is 2.47 bits per heavy atom. The van der Waals surface area contributed by atoms with E-state index in [1.807, 2.05) is 43.9 Å². The smallest absolute Gasteiger partial charge is 0.236 e. The van der Waals surface area contributed by atoms with Gasteiger partial charge in [0.25, 0.3) is 0 Å². The van der Waals surface area contributed by atoms with Crippen molar-refractivity contribution in [2.75, 3.05) is 52.6 Å². The van der Waals surface area contributed by atoms with Crippen molar-refractivity contribution in [1.82, 2.24) is 20.0 Å². The summed E-state index contributed by atoms with van der Waals surface area (Å²) >= 11 is 0. The van der Waals surface area contributed by atoms with E-state index in [0.717, 1.165) is 36.7 Å². The van der Waals surface area contributed by atoms with Crippen LogP contribution in [0.4, 0.5) is 0 Å². The molecule has 1 fully saturated rings. The lowest BCUT2D eigenvalue weighted by atomic mass is 10.1. The summed E-state index contributed by atoms with van der Waals surface area (Å²) in [6.07, 6.45) is 0. The minimum Gasteiger partial charge on any atom is -0.454 e. The first kappa shape index (κ1) is 22.4. The Morgan fingerprint density at radius 2 is 1.80 bits per heavy atom. The number of fused-ring (bicyclic) bond motifs is 1. The summed E-state index contributed by atoms with van der Waals surface area (Å²) in [6, 6.07) is 5.92. The molecule has 8 nitrogen and oxygen atoms in total. The van der Waals surface area contributed by atoms with Crippen molar-refractivity contribution >= 4 is 11.8 Å². The summed E-state index contributed by atoms with van der Waals surface area (Å²) in [4.78, 5) is 31.1. The molecule has 8 heteroatoms. The molecule has 1 aromatic carbocycles. The maximum absolute atomic E-state index is 12.8. The highest BCUT2D eigenvalue weighted by molar-refractivity contribution is 5.79. The van der Waals surface area contributed by atoms with Crippen LogP contribution in [0.2, 0.25) is 0 Å². The van der Waals surface area contributed by atoms with Gasteiger partial charge in [0.2, 0.25) is 18.6 Å². The summed E-state index contributed by atoms with van der Waals surface area (Å²) in [5.74, 6) is 1.70. The molecule has 2 aliphatic rings. The molecule has 1 aromatic rings. The predicted molar refractivity (Wildman–Crippen MR) is 114 cm³/mol. The van der Waals surface area contributed by atoms with Gasteiger partial charge < -0.3 is 19.7 Å². The number of piperazine rings is 1. The number of hydrogen-bond donors (Lipinski definition) is 1. The number of nitrogens with one attached hydrogen (secondary N) is 1. The summed E-state index contributed by atoms with van der Waals surface area (Å²) in [5, 5.41) is 2.99. The van der Waals surface area contributed by atoms with Crippen LogP contribution in [0.5, 0.6) is 11.5 Å². The maximum atomic E-state index is 12.8. The van der Waals surface area contributed by atoms with E-state index < -0.39 is 0 Å². The highest BCUT2D eigenvalue weighted by Gasteiger charge is 2.25. The van der Waals surface area contributed by atoms with Gasteiger partial charge in [0.1, 0.15) is 0 Å². The van der Waals surface area contributed by atoms with E-state index in [9.17, 15) is 9.59 Å². The number of amides is 2. The second-order valence-electron chi connectivity index (χ2n) is 8.95. The summed E-state index contributed by atoms with van der Waals surface area (Å²) in [5.41, 5.74) is 0.875. The lowest BCUT2D eigenvalue weighted by Gasteiger charge is -2.36. The Hall–Kier alpha value is -2.32. The zero-order valence-corrected chi connectivity index (χ0v) is 18.6. The average molecular weight is 419 g/mol. The number of hydrogen-bond acceptors (Lipinski definition) is 6. The van der Waals surface area contributed by atoms with Crippen LogP contribution in [-0.4, -0.2) is 84.7 Å². The number of likely N-dealkylation sites (N-methyl/N-ethyl adjacent to an activating group) is 1. The van der Waals surface area contributed by atoms with E-state index >= 15 is 0 Å². The van der Waals surface area contributed by atoms with Gasteiger partial charge in [0.05, 0.1) is 13.1 Å². The van der Waals surface area contributed by atoms with Crippen LogP contribution in [0.1, 0.15) is 33.3 Å². The van der Waals surface area contributed by atoms with Crippen LogP contribution in [0, 0.1) is 0 Å². The molecule has 1 N–H and O–H groups in total. The number of carbonyl (C=O) groups excluding carboxylic acids is 2. The van der Waals surface area contributed by atoms with E-state index in [0.29, 0.717) is 32.7 Å². The molecule has 3 rings (SSSR count). The van der Waals surface area contributed by atoms with Crippen LogP contribution < -0.4 is 14.8 Å². The lowest BCUT2D eigenvalue weighted by molar-refractivity contribution is -0.134. The molecule has 0 aromatic heterocycles. The number of rotatable bonds is 7.